The summed E-state index contributed by atoms with van der Waals surface area (Å²) in [4.78, 5) is 32.6. The number of rotatable bonds is 0. The first-order valence-electron chi connectivity index (χ1n) is 15.5. The number of aromatic nitrogens is 3. The Labute approximate surface area is 258 Å². The highest BCUT2D eigenvalue weighted by atomic mass is 35.5. The molecule has 238 valence electrons. The van der Waals surface area contributed by atoms with Crippen LogP contribution in [-0.2, 0) is 14.2 Å². The van der Waals surface area contributed by atoms with E-state index in [2.05, 4.69) is 14.9 Å². The number of fused-ring (bicyclic) bond motifs is 8. The summed E-state index contributed by atoms with van der Waals surface area (Å²) in [5.74, 6) is -0.231. The van der Waals surface area contributed by atoms with Crippen molar-refractivity contribution in [3.05, 3.63) is 17.2 Å². The summed E-state index contributed by atoms with van der Waals surface area (Å²) < 4.78 is 39.6. The molecule has 0 radical (unpaired) electrons. The van der Waals surface area contributed by atoms with Gasteiger partial charge in [-0.15, -0.1) is 0 Å². The molecule has 6 rings (SSSR count). The average molecular weight is 623 g/mol. The van der Waals surface area contributed by atoms with E-state index in [1.807, 2.05) is 39.5 Å². The van der Waals surface area contributed by atoms with Crippen LogP contribution in [0.15, 0.2) is 6.20 Å². The second-order valence-corrected chi connectivity index (χ2v) is 12.8. The molecule has 4 aliphatic heterocycles. The monoisotopic (exact) mass is 622 g/mol. The van der Waals surface area contributed by atoms with Gasteiger partial charge in [-0.1, -0.05) is 25.4 Å². The molecule has 0 aliphatic carbocycles. The van der Waals surface area contributed by atoms with E-state index in [1.165, 1.54) is 6.20 Å². The fourth-order valence-electron chi connectivity index (χ4n) is 6.46. The number of amides is 1. The Kier molecular flexibility index (Phi) is 9.79. The molecular formula is C30H44ClFN6O5. The molecule has 3 unspecified atom stereocenters. The third kappa shape index (κ3) is 6.92. The molecule has 3 saturated heterocycles. The van der Waals surface area contributed by atoms with Gasteiger partial charge in [0.15, 0.2) is 11.0 Å². The van der Waals surface area contributed by atoms with Crippen LogP contribution in [0.2, 0.25) is 5.15 Å². The van der Waals surface area contributed by atoms with Crippen molar-refractivity contribution in [2.24, 2.45) is 0 Å². The molecule has 3 atom stereocenters. The Morgan fingerprint density at radius 3 is 2.74 bits per heavy atom. The van der Waals surface area contributed by atoms with Gasteiger partial charge in [0.05, 0.1) is 29.7 Å². The molecule has 6 bridgehead atoms. The molecule has 0 saturated carbocycles. The van der Waals surface area contributed by atoms with Crippen molar-refractivity contribution in [2.45, 2.75) is 83.6 Å². The van der Waals surface area contributed by atoms with Gasteiger partial charge in [0.1, 0.15) is 23.5 Å². The Morgan fingerprint density at radius 1 is 1.14 bits per heavy atom. The number of carbonyl (C=O) groups excluding carboxylic acids is 1. The van der Waals surface area contributed by atoms with Gasteiger partial charge in [-0.25, -0.2) is 14.2 Å². The fourth-order valence-corrected chi connectivity index (χ4v) is 6.60. The first-order valence-corrected chi connectivity index (χ1v) is 15.8. The van der Waals surface area contributed by atoms with E-state index in [9.17, 15) is 4.79 Å². The first kappa shape index (κ1) is 31.9. The lowest BCUT2D eigenvalue weighted by molar-refractivity contribution is -0.00655. The molecule has 0 N–H and O–H groups in total. The molecule has 13 heteroatoms. The summed E-state index contributed by atoms with van der Waals surface area (Å²) in [6.45, 7) is 14.4. The summed E-state index contributed by atoms with van der Waals surface area (Å²) in [5.41, 5.74) is -0.737. The molecule has 3 fully saturated rings. The van der Waals surface area contributed by atoms with Crippen molar-refractivity contribution in [1.82, 2.24) is 24.8 Å². The van der Waals surface area contributed by atoms with Crippen LogP contribution in [0.4, 0.5) is 15.0 Å². The maximum atomic E-state index is 15.3. The van der Waals surface area contributed by atoms with Crippen LogP contribution in [0.1, 0.15) is 60.3 Å². The van der Waals surface area contributed by atoms with Crippen LogP contribution in [0.25, 0.3) is 10.9 Å². The van der Waals surface area contributed by atoms with Gasteiger partial charge in [0, 0.05) is 45.6 Å². The number of hydrogen-bond donors (Lipinski definition) is 0. The molecule has 2 aromatic rings. The molecular weight excluding hydrogens is 579 g/mol. The summed E-state index contributed by atoms with van der Waals surface area (Å²) in [6, 6.07) is -0.234. The van der Waals surface area contributed by atoms with Gasteiger partial charge < -0.3 is 23.8 Å². The normalized spacial score (nSPS) is 26.7. The van der Waals surface area contributed by atoms with Crippen molar-refractivity contribution in [3.63, 3.8) is 0 Å². The highest BCUT2D eigenvalue weighted by molar-refractivity contribution is 6.30. The molecule has 2 aromatic heterocycles. The minimum absolute atomic E-state index is 0.0544. The lowest BCUT2D eigenvalue weighted by Gasteiger charge is -2.42. The minimum Gasteiger partial charge on any atom is -0.461 e. The second kappa shape index (κ2) is 13.2. The second-order valence-electron chi connectivity index (χ2n) is 12.4. The molecule has 6 heterocycles. The molecule has 4 aliphatic rings. The van der Waals surface area contributed by atoms with Gasteiger partial charge in [-0.05, 0) is 53.0 Å². The predicted octanol–water partition coefficient (Wildman–Crippen LogP) is 4.69. The van der Waals surface area contributed by atoms with Crippen LogP contribution in [0.5, 0.6) is 6.01 Å². The Morgan fingerprint density at radius 2 is 1.95 bits per heavy atom. The molecule has 1 amide bonds. The minimum atomic E-state index is -0.717. The number of halogens is 2. The molecule has 43 heavy (non-hydrogen) atoms. The smallest absolute Gasteiger partial charge is 0.410 e. The number of hydrogen-bond acceptors (Lipinski definition) is 10. The topological polar surface area (TPSA) is 102 Å². The van der Waals surface area contributed by atoms with Crippen molar-refractivity contribution in [2.75, 3.05) is 64.1 Å². The summed E-state index contributed by atoms with van der Waals surface area (Å²) in [7, 11) is 0. The van der Waals surface area contributed by atoms with Gasteiger partial charge in [-0.3, -0.25) is 9.80 Å². The molecule has 1 spiro atoms. The zero-order valence-corrected chi connectivity index (χ0v) is 26.7. The quantitative estimate of drug-likeness (QED) is 0.385. The van der Waals surface area contributed by atoms with E-state index in [1.54, 1.807) is 4.90 Å². The fraction of sp³-hybridized carbons (Fsp3) is 0.733. The zero-order chi connectivity index (χ0) is 30.8. The van der Waals surface area contributed by atoms with Crippen molar-refractivity contribution < 1.29 is 28.1 Å². The van der Waals surface area contributed by atoms with Crippen LogP contribution in [0, 0.1) is 5.82 Å². The van der Waals surface area contributed by atoms with E-state index in [-0.39, 0.29) is 34.4 Å². The van der Waals surface area contributed by atoms with Crippen LogP contribution in [-0.4, -0.2) is 113 Å². The zero-order valence-electron chi connectivity index (χ0n) is 25.9. The SMILES string of the molecule is CC.CC(C)(C)OC(=O)N1CCN2CC1COCCCOC1CN3CCCC3(COc3nc2c2cnc(Cl)c(F)c2n3)C1. The highest BCUT2D eigenvalue weighted by Crippen LogP contribution is 2.41. The third-order valence-electron chi connectivity index (χ3n) is 8.35. The average Bonchev–Trinajstić information content (AvgIpc) is 3.52. The first-order chi connectivity index (χ1) is 20.6. The van der Waals surface area contributed by atoms with E-state index in [0.29, 0.717) is 57.3 Å². The van der Waals surface area contributed by atoms with E-state index < -0.39 is 17.5 Å². The van der Waals surface area contributed by atoms with E-state index in [0.717, 1.165) is 38.8 Å². The number of pyridine rings is 1. The molecule has 0 aromatic carbocycles. The van der Waals surface area contributed by atoms with Crippen LogP contribution < -0.4 is 9.64 Å². The largest absolute Gasteiger partial charge is 0.461 e. The predicted molar refractivity (Wildman–Crippen MR) is 161 cm³/mol. The van der Waals surface area contributed by atoms with Gasteiger partial charge >= 0.3 is 12.1 Å². The lowest BCUT2D eigenvalue weighted by Crippen LogP contribution is -2.58. The number of carbonyl (C=O) groups is 1. The standard InChI is InChI=1S/C28H38ClFN6O5.C2H6/c1-27(2,3)41-26(37)36-9-8-34-14-18(36)16-38-10-5-11-39-19-12-28(6-4-7-35(28)15-19)17-40-25-32-22-20(24(34)33-25)13-31-23(29)21(22)30;1-2/h13,18-19H,4-12,14-17H2,1-3H3;1-2H3. The van der Waals surface area contributed by atoms with Crippen molar-refractivity contribution >= 4 is 34.4 Å². The van der Waals surface area contributed by atoms with E-state index in [4.69, 9.17) is 35.5 Å². The van der Waals surface area contributed by atoms with Crippen molar-refractivity contribution in [1.29, 1.82) is 0 Å². The van der Waals surface area contributed by atoms with Crippen LogP contribution in [0.3, 0.4) is 0 Å². The summed E-state index contributed by atoms with van der Waals surface area (Å²) in [6.07, 6.45) is 4.90. The van der Waals surface area contributed by atoms with Crippen molar-refractivity contribution in [3.8, 4) is 6.01 Å². The Hall–Kier alpha value is -2.54. The van der Waals surface area contributed by atoms with Gasteiger partial charge in [-0.2, -0.15) is 9.97 Å². The highest BCUT2D eigenvalue weighted by Gasteiger charge is 2.49. The summed E-state index contributed by atoms with van der Waals surface area (Å²) in [5, 5.41) is 0.168. The van der Waals surface area contributed by atoms with E-state index >= 15 is 4.39 Å². The number of ether oxygens (including phenoxy) is 4. The number of piperazine rings is 1. The Balaban J connectivity index is 0.00000180. The lowest BCUT2D eigenvalue weighted by atomic mass is 9.94. The third-order valence-corrected chi connectivity index (χ3v) is 8.61. The Bertz CT molecular complexity index is 1300. The summed E-state index contributed by atoms with van der Waals surface area (Å²) >= 11 is 6.06. The number of nitrogens with zero attached hydrogens (tertiary/aromatic N) is 6. The van der Waals surface area contributed by atoms with Crippen LogP contribution >= 0.6 is 11.6 Å². The van der Waals surface area contributed by atoms with Gasteiger partial charge in [0.2, 0.25) is 0 Å². The molecule has 11 nitrogen and oxygen atoms in total. The maximum Gasteiger partial charge on any atom is 0.410 e. The van der Waals surface area contributed by atoms with Gasteiger partial charge in [0.25, 0.3) is 0 Å². The number of anilines is 1. The maximum absolute atomic E-state index is 15.3.